The van der Waals surface area contributed by atoms with Crippen molar-refractivity contribution in [2.45, 2.75) is 72.6 Å². The maximum absolute atomic E-state index is 12.5. The van der Waals surface area contributed by atoms with E-state index in [4.69, 9.17) is 0 Å². The van der Waals surface area contributed by atoms with Crippen molar-refractivity contribution in [2.24, 2.45) is 16.2 Å². The minimum absolute atomic E-state index is 0.0803. The summed E-state index contributed by atoms with van der Waals surface area (Å²) in [5.41, 5.74) is -0.758. The summed E-state index contributed by atoms with van der Waals surface area (Å²) in [5, 5.41) is 0. The number of hydrogen-bond acceptors (Lipinski definition) is 2. The second kappa shape index (κ2) is 4.18. The molecule has 0 N–H and O–H groups in total. The first-order valence-corrected chi connectivity index (χ1v) is 7.32. The molecule has 0 radical (unpaired) electrons. The van der Waals surface area contributed by atoms with Crippen LogP contribution >= 0.6 is 0 Å². The zero-order chi connectivity index (χ0) is 13.6. The van der Waals surface area contributed by atoms with Crippen LogP contribution in [0.5, 0.6) is 0 Å². The molecule has 0 bridgehead atoms. The number of hydrogen-bond donors (Lipinski definition) is 0. The van der Waals surface area contributed by atoms with Crippen molar-refractivity contribution in [3.8, 4) is 0 Å². The molecule has 2 saturated carbocycles. The molecule has 0 heterocycles. The Hall–Kier alpha value is -0.660. The molecule has 2 rings (SSSR count). The molecular formula is C16H26O2. The first-order chi connectivity index (χ1) is 8.28. The lowest BCUT2D eigenvalue weighted by Gasteiger charge is -2.56. The van der Waals surface area contributed by atoms with E-state index in [-0.39, 0.29) is 22.4 Å². The zero-order valence-electron chi connectivity index (χ0n) is 12.3. The van der Waals surface area contributed by atoms with Crippen molar-refractivity contribution in [3.63, 3.8) is 0 Å². The van der Waals surface area contributed by atoms with Crippen molar-refractivity contribution >= 4 is 11.6 Å². The lowest BCUT2D eigenvalue weighted by atomic mass is 9.46. The van der Waals surface area contributed by atoms with E-state index < -0.39 is 5.41 Å². The lowest BCUT2D eigenvalue weighted by Crippen LogP contribution is -2.56. The highest BCUT2D eigenvalue weighted by Gasteiger charge is 2.63. The van der Waals surface area contributed by atoms with E-state index in [1.807, 2.05) is 0 Å². The van der Waals surface area contributed by atoms with E-state index in [0.29, 0.717) is 6.42 Å². The van der Waals surface area contributed by atoms with Gasteiger partial charge in [-0.15, -0.1) is 0 Å². The summed E-state index contributed by atoms with van der Waals surface area (Å²) in [6, 6.07) is 0. The molecule has 2 fully saturated rings. The van der Waals surface area contributed by atoms with Gasteiger partial charge in [0.15, 0.2) is 0 Å². The van der Waals surface area contributed by atoms with Crippen molar-refractivity contribution < 1.29 is 9.59 Å². The van der Waals surface area contributed by atoms with Gasteiger partial charge in [0, 0.05) is 6.42 Å². The van der Waals surface area contributed by atoms with Crippen molar-refractivity contribution in [3.05, 3.63) is 0 Å². The molecule has 2 heteroatoms. The molecule has 102 valence electrons. The third kappa shape index (κ3) is 1.53. The smallest absolute Gasteiger partial charge is 0.146 e. The Labute approximate surface area is 111 Å². The van der Waals surface area contributed by atoms with Crippen molar-refractivity contribution in [1.29, 1.82) is 0 Å². The second-order valence-electron chi connectivity index (χ2n) is 7.16. The summed E-state index contributed by atoms with van der Waals surface area (Å²) in [6.45, 7) is 8.35. The van der Waals surface area contributed by atoms with Crippen LogP contribution in [0.1, 0.15) is 72.6 Å². The van der Waals surface area contributed by atoms with Gasteiger partial charge in [-0.25, -0.2) is 0 Å². The average Bonchev–Trinajstić information content (AvgIpc) is 2.66. The second-order valence-corrected chi connectivity index (χ2v) is 7.16. The quantitative estimate of drug-likeness (QED) is 0.696. The van der Waals surface area contributed by atoms with Crippen LogP contribution in [0.25, 0.3) is 0 Å². The zero-order valence-corrected chi connectivity index (χ0v) is 12.3. The van der Waals surface area contributed by atoms with Gasteiger partial charge < -0.3 is 0 Å². The summed E-state index contributed by atoms with van der Waals surface area (Å²) in [5.74, 6) is 0.329. The molecule has 0 spiro atoms. The van der Waals surface area contributed by atoms with Crippen molar-refractivity contribution in [2.75, 3.05) is 0 Å². The van der Waals surface area contributed by atoms with Crippen LogP contribution in [0.2, 0.25) is 0 Å². The van der Waals surface area contributed by atoms with Gasteiger partial charge in [0.1, 0.15) is 11.6 Å². The normalized spacial score (nSPS) is 39.9. The molecule has 2 unspecified atom stereocenters. The fraction of sp³-hybridized carbons (Fsp3) is 0.875. The summed E-state index contributed by atoms with van der Waals surface area (Å²) >= 11 is 0. The van der Waals surface area contributed by atoms with E-state index in [1.165, 1.54) is 6.42 Å². The van der Waals surface area contributed by atoms with E-state index in [9.17, 15) is 9.59 Å². The average molecular weight is 250 g/mol. The first kappa shape index (κ1) is 13.8. The van der Waals surface area contributed by atoms with Crippen LogP contribution < -0.4 is 0 Å². The van der Waals surface area contributed by atoms with Gasteiger partial charge in [-0.1, -0.05) is 33.6 Å². The Morgan fingerprint density at radius 2 is 1.61 bits per heavy atom. The molecule has 2 aliphatic rings. The van der Waals surface area contributed by atoms with Gasteiger partial charge in [-0.05, 0) is 43.4 Å². The Kier molecular flexibility index (Phi) is 3.19. The molecular weight excluding hydrogens is 224 g/mol. The number of carbonyl (C=O) groups excluding carboxylic acids is 2. The van der Waals surface area contributed by atoms with Crippen LogP contribution in [0.4, 0.5) is 0 Å². The van der Waals surface area contributed by atoms with Gasteiger partial charge in [0.05, 0.1) is 5.41 Å². The third-order valence-corrected chi connectivity index (χ3v) is 6.20. The highest BCUT2D eigenvalue weighted by atomic mass is 16.2. The molecule has 18 heavy (non-hydrogen) atoms. The summed E-state index contributed by atoms with van der Waals surface area (Å²) in [4.78, 5) is 24.9. The fourth-order valence-corrected chi connectivity index (χ4v) is 4.66. The highest BCUT2D eigenvalue weighted by molar-refractivity contribution is 6.08. The molecule has 0 saturated heterocycles. The molecule has 2 atom stereocenters. The first-order valence-electron chi connectivity index (χ1n) is 7.32. The van der Waals surface area contributed by atoms with E-state index in [0.717, 1.165) is 32.1 Å². The van der Waals surface area contributed by atoms with Gasteiger partial charge in [0.25, 0.3) is 0 Å². The molecule has 2 aliphatic carbocycles. The summed E-state index contributed by atoms with van der Waals surface area (Å²) in [7, 11) is 0. The predicted octanol–water partition coefficient (Wildman–Crippen LogP) is 3.92. The summed E-state index contributed by atoms with van der Waals surface area (Å²) in [6.07, 6.45) is 6.81. The van der Waals surface area contributed by atoms with Crippen molar-refractivity contribution in [1.82, 2.24) is 0 Å². The monoisotopic (exact) mass is 250 g/mol. The lowest BCUT2D eigenvalue weighted by molar-refractivity contribution is -0.159. The number of Topliss-reactive ketones (excluding diaryl/α,β-unsaturated/α-hetero) is 2. The van der Waals surface area contributed by atoms with Crippen LogP contribution in [0.3, 0.4) is 0 Å². The van der Waals surface area contributed by atoms with Crippen LogP contribution in [0.15, 0.2) is 0 Å². The number of carbonyl (C=O) groups is 2. The standard InChI is InChI=1S/C16H26O2/c1-12(17)16(11-7-8-13(16)18)15(4)10-6-5-9-14(15,2)3/h5-11H2,1-4H3. The van der Waals surface area contributed by atoms with E-state index >= 15 is 0 Å². The Balaban J connectivity index is 2.54. The van der Waals surface area contributed by atoms with Crippen LogP contribution in [-0.2, 0) is 9.59 Å². The fourth-order valence-electron chi connectivity index (χ4n) is 4.66. The Bertz CT molecular complexity index is 383. The SMILES string of the molecule is CC(=O)C1(C2(C)CCCCC2(C)C)CCCC1=O. The van der Waals surface area contributed by atoms with Gasteiger partial charge in [-0.2, -0.15) is 0 Å². The molecule has 0 amide bonds. The maximum atomic E-state index is 12.5. The topological polar surface area (TPSA) is 34.1 Å². The molecule has 2 nitrogen and oxygen atoms in total. The Morgan fingerprint density at radius 3 is 2.06 bits per heavy atom. The van der Waals surface area contributed by atoms with Crippen LogP contribution in [-0.4, -0.2) is 11.6 Å². The minimum atomic E-state index is -0.684. The summed E-state index contributed by atoms with van der Waals surface area (Å²) < 4.78 is 0. The van der Waals surface area contributed by atoms with E-state index in [1.54, 1.807) is 6.92 Å². The predicted molar refractivity (Wildman–Crippen MR) is 72.3 cm³/mol. The highest BCUT2D eigenvalue weighted by Crippen LogP contribution is 2.63. The largest absolute Gasteiger partial charge is 0.299 e. The minimum Gasteiger partial charge on any atom is -0.299 e. The molecule has 0 aromatic heterocycles. The molecule has 0 aromatic rings. The Morgan fingerprint density at radius 1 is 1.00 bits per heavy atom. The van der Waals surface area contributed by atoms with Gasteiger partial charge >= 0.3 is 0 Å². The maximum Gasteiger partial charge on any atom is 0.146 e. The van der Waals surface area contributed by atoms with Gasteiger partial charge in [-0.3, -0.25) is 9.59 Å². The number of ketones is 2. The third-order valence-electron chi connectivity index (χ3n) is 6.20. The molecule has 0 aliphatic heterocycles. The number of rotatable bonds is 2. The van der Waals surface area contributed by atoms with Crippen LogP contribution in [0, 0.1) is 16.2 Å². The molecule has 0 aromatic carbocycles. The van der Waals surface area contributed by atoms with Gasteiger partial charge in [0.2, 0.25) is 0 Å². The van der Waals surface area contributed by atoms with E-state index in [2.05, 4.69) is 20.8 Å².